The van der Waals surface area contributed by atoms with Crippen LogP contribution in [0.5, 0.6) is 17.2 Å². The summed E-state index contributed by atoms with van der Waals surface area (Å²) in [4.78, 5) is 0. The van der Waals surface area contributed by atoms with Crippen LogP contribution >= 0.6 is 34.2 Å². The van der Waals surface area contributed by atoms with Crippen LogP contribution in [0, 0.1) is 22.7 Å². The second-order valence-corrected chi connectivity index (χ2v) is 13.4. The van der Waals surface area contributed by atoms with Gasteiger partial charge in [-0.1, -0.05) is 103 Å². The number of benzene rings is 4. The van der Waals surface area contributed by atoms with Crippen molar-refractivity contribution < 1.29 is 35.8 Å². The van der Waals surface area contributed by atoms with Crippen molar-refractivity contribution in [2.75, 3.05) is 4.43 Å². The highest BCUT2D eigenvalue weighted by molar-refractivity contribution is 14.1. The molecule has 0 heterocycles. The van der Waals surface area contributed by atoms with Crippen LogP contribution in [0.2, 0.25) is 5.02 Å². The molecule has 4 nitrogen and oxygen atoms in total. The van der Waals surface area contributed by atoms with E-state index in [9.17, 15) is 36.9 Å². The van der Waals surface area contributed by atoms with Gasteiger partial charge in [0.2, 0.25) is 5.41 Å². The molecule has 262 valence electrons. The van der Waals surface area contributed by atoms with Gasteiger partial charge in [-0.15, -0.1) is 0 Å². The number of hydrogen-bond acceptors (Lipinski definition) is 4. The Morgan fingerprint density at radius 3 is 1.64 bits per heavy atom. The second kappa shape index (κ2) is 14.7. The van der Waals surface area contributed by atoms with Crippen LogP contribution < -0.4 is 9.47 Å². The van der Waals surface area contributed by atoms with Crippen molar-refractivity contribution in [3.8, 4) is 29.4 Å². The highest BCUT2D eigenvalue weighted by Gasteiger charge is 2.72. The Kier molecular flexibility index (Phi) is 11.4. The molecular formula is C38H32ClF6IN2O2. The lowest BCUT2D eigenvalue weighted by Gasteiger charge is -2.38. The van der Waals surface area contributed by atoms with Crippen LogP contribution in [-0.4, -0.2) is 16.8 Å². The van der Waals surface area contributed by atoms with E-state index < -0.39 is 34.5 Å². The molecule has 0 radical (unpaired) electrons. The summed E-state index contributed by atoms with van der Waals surface area (Å²) in [6.07, 6.45) is -10.6. The molecule has 2 unspecified atom stereocenters. The van der Waals surface area contributed by atoms with Gasteiger partial charge in [0.25, 0.3) is 0 Å². The first-order valence-electron chi connectivity index (χ1n) is 15.5. The molecule has 0 aromatic heterocycles. The van der Waals surface area contributed by atoms with Crippen molar-refractivity contribution >= 4 is 34.2 Å². The third kappa shape index (κ3) is 7.00. The third-order valence-corrected chi connectivity index (χ3v) is 11.2. The van der Waals surface area contributed by atoms with Gasteiger partial charge in [0, 0.05) is 15.4 Å². The summed E-state index contributed by atoms with van der Waals surface area (Å²) >= 11 is 8.42. The molecule has 4 aromatic carbocycles. The van der Waals surface area contributed by atoms with Gasteiger partial charge in [-0.05, 0) is 72.9 Å². The highest BCUT2D eigenvalue weighted by Crippen LogP contribution is 2.56. The van der Waals surface area contributed by atoms with E-state index in [0.29, 0.717) is 16.4 Å². The lowest BCUT2D eigenvalue weighted by molar-refractivity contribution is -0.288. The Balaban J connectivity index is 1.76. The summed E-state index contributed by atoms with van der Waals surface area (Å²) in [6.45, 7) is 7.38. The van der Waals surface area contributed by atoms with E-state index in [2.05, 4.69) is 28.7 Å². The fraction of sp³-hybridized carbons (Fsp3) is 0.316. The summed E-state index contributed by atoms with van der Waals surface area (Å²) in [5.74, 6) is 0.0735. The predicted molar refractivity (Wildman–Crippen MR) is 188 cm³/mol. The number of nitrogens with zero attached hydrogens (tertiary/aromatic N) is 2. The molecule has 0 bridgehead atoms. The first kappa shape index (κ1) is 38.9. The molecule has 0 amide bonds. The maximum Gasteiger partial charge on any atom is 0.411 e. The third-order valence-electron chi connectivity index (χ3n) is 9.23. The quantitative estimate of drug-likeness (QED) is 0.0858. The number of nitriles is 2. The Morgan fingerprint density at radius 1 is 0.680 bits per heavy atom. The number of alkyl halides is 7. The van der Waals surface area contributed by atoms with Crippen LogP contribution in [0.15, 0.2) is 84.9 Å². The Hall–Kier alpha value is -3.94. The lowest BCUT2D eigenvalue weighted by Crippen LogP contribution is -2.54. The van der Waals surface area contributed by atoms with Gasteiger partial charge in [-0.3, -0.25) is 0 Å². The zero-order valence-electron chi connectivity index (χ0n) is 27.4. The number of ether oxygens (including phenoxy) is 2. The summed E-state index contributed by atoms with van der Waals surface area (Å²) in [7, 11) is 0. The molecule has 0 aliphatic heterocycles. The van der Waals surface area contributed by atoms with Gasteiger partial charge >= 0.3 is 12.4 Å². The zero-order valence-corrected chi connectivity index (χ0v) is 30.4. The molecule has 50 heavy (non-hydrogen) atoms. The van der Waals surface area contributed by atoms with Gasteiger partial charge in [0.1, 0.15) is 35.0 Å². The first-order chi connectivity index (χ1) is 23.5. The van der Waals surface area contributed by atoms with Crippen molar-refractivity contribution in [3.63, 3.8) is 0 Å². The molecule has 0 N–H and O–H groups in total. The average molecular weight is 825 g/mol. The van der Waals surface area contributed by atoms with E-state index in [1.54, 1.807) is 38.1 Å². The zero-order chi connectivity index (χ0) is 37.1. The molecular weight excluding hydrogens is 793 g/mol. The van der Waals surface area contributed by atoms with Crippen molar-refractivity contribution in [1.29, 1.82) is 10.5 Å². The summed E-state index contributed by atoms with van der Waals surface area (Å²) < 4.78 is 102. The normalized spacial score (nSPS) is 14.5. The van der Waals surface area contributed by atoms with Gasteiger partial charge in [0.05, 0.1) is 16.1 Å². The van der Waals surface area contributed by atoms with Gasteiger partial charge in [0.15, 0.2) is 0 Å². The van der Waals surface area contributed by atoms with Crippen LogP contribution in [0.4, 0.5) is 26.3 Å². The molecule has 12 heteroatoms. The number of halogens is 8. The van der Waals surface area contributed by atoms with Crippen LogP contribution in [-0.2, 0) is 16.4 Å². The smallest absolute Gasteiger partial charge is 0.411 e. The van der Waals surface area contributed by atoms with E-state index in [-0.39, 0.29) is 38.8 Å². The molecule has 2 atom stereocenters. The minimum Gasteiger partial charge on any atom is -0.483 e. The maximum atomic E-state index is 14.9. The Labute approximate surface area is 305 Å². The van der Waals surface area contributed by atoms with E-state index >= 15 is 0 Å². The standard InChI is InChI=1S/C38H32ClF6IN2O2/c1-5-34(3,23-46)30-9-8-12-33(29(30)22-48)49-26-17-13-24(14-18-26)36(37(40,41)42,38(43,44)45)25-15-19-27(20-16-25)50-35(4,6-2)31-10-7-11-32(39)28(31)21-47/h7-20H,5-6,23H2,1-4H3. The van der Waals surface area contributed by atoms with E-state index in [4.69, 9.17) is 21.1 Å². The predicted octanol–water partition coefficient (Wildman–Crippen LogP) is 12.1. The van der Waals surface area contributed by atoms with Gasteiger partial charge in [-0.2, -0.15) is 36.9 Å². The first-order valence-corrected chi connectivity index (χ1v) is 17.4. The molecule has 4 aromatic rings. The summed E-state index contributed by atoms with van der Waals surface area (Å²) in [5.41, 5.74) is -6.59. The fourth-order valence-electron chi connectivity index (χ4n) is 5.90. The fourth-order valence-corrected chi connectivity index (χ4v) is 7.07. The molecule has 4 rings (SSSR count). The van der Waals surface area contributed by atoms with Gasteiger partial charge < -0.3 is 9.47 Å². The van der Waals surface area contributed by atoms with E-state index in [1.165, 1.54) is 12.1 Å². The number of rotatable bonds is 11. The number of hydrogen-bond donors (Lipinski definition) is 0. The van der Waals surface area contributed by atoms with Crippen molar-refractivity contribution in [2.24, 2.45) is 0 Å². The van der Waals surface area contributed by atoms with Crippen molar-refractivity contribution in [2.45, 2.75) is 69.3 Å². The highest BCUT2D eigenvalue weighted by atomic mass is 127. The molecule has 0 saturated heterocycles. The van der Waals surface area contributed by atoms with Crippen LogP contribution in [0.1, 0.15) is 73.9 Å². The Morgan fingerprint density at radius 2 is 1.18 bits per heavy atom. The minimum absolute atomic E-state index is 0.0128. The largest absolute Gasteiger partial charge is 0.483 e. The lowest BCUT2D eigenvalue weighted by atomic mass is 9.73. The van der Waals surface area contributed by atoms with E-state index in [0.717, 1.165) is 60.5 Å². The van der Waals surface area contributed by atoms with Crippen molar-refractivity contribution in [3.05, 3.63) is 123 Å². The van der Waals surface area contributed by atoms with E-state index in [1.807, 2.05) is 19.9 Å². The summed E-state index contributed by atoms with van der Waals surface area (Å²) in [6, 6.07) is 21.0. The molecule has 0 spiro atoms. The topological polar surface area (TPSA) is 66.0 Å². The molecule has 0 fully saturated rings. The summed E-state index contributed by atoms with van der Waals surface area (Å²) in [5, 5.41) is 19.8. The molecule has 0 aliphatic carbocycles. The minimum atomic E-state index is -5.82. The molecule has 0 aliphatic rings. The monoisotopic (exact) mass is 824 g/mol. The Bertz CT molecular complexity index is 1900. The SMILES string of the molecule is CCC(C)(CI)c1cccc(Oc2ccc(C(c3ccc(OC(C)(CC)c4cccc(Cl)c4C#N)cc3)(C(F)(F)F)C(F)(F)F)cc2)c1C#N. The second-order valence-electron chi connectivity index (χ2n) is 12.2. The average Bonchev–Trinajstić information content (AvgIpc) is 3.08. The van der Waals surface area contributed by atoms with Crippen LogP contribution in [0.3, 0.4) is 0 Å². The molecule has 0 saturated carbocycles. The van der Waals surface area contributed by atoms with Gasteiger partial charge in [-0.25, -0.2) is 0 Å². The van der Waals surface area contributed by atoms with Crippen molar-refractivity contribution in [1.82, 2.24) is 0 Å². The maximum absolute atomic E-state index is 14.9. The van der Waals surface area contributed by atoms with Crippen LogP contribution in [0.25, 0.3) is 0 Å².